The number of benzene rings is 3. The predicted molar refractivity (Wildman–Crippen MR) is 124 cm³/mol. The Morgan fingerprint density at radius 1 is 0.794 bits per heavy atom. The number of amides is 2. The molecule has 34 heavy (non-hydrogen) atoms. The predicted octanol–water partition coefficient (Wildman–Crippen LogP) is 2.79. The fraction of sp³-hybridized carbons (Fsp3) is 0.160. The fourth-order valence-corrected chi connectivity index (χ4v) is 3.20. The van der Waals surface area contributed by atoms with Crippen LogP contribution in [0.15, 0.2) is 88.1 Å². The van der Waals surface area contributed by atoms with E-state index in [0.717, 1.165) is 5.56 Å². The summed E-state index contributed by atoms with van der Waals surface area (Å²) in [5, 5.41) is 0. The van der Waals surface area contributed by atoms with Crippen LogP contribution < -0.4 is 26.1 Å². The number of ether oxygens (including phenoxy) is 2. The molecule has 174 valence electrons. The van der Waals surface area contributed by atoms with Gasteiger partial charge in [-0.2, -0.15) is 0 Å². The van der Waals surface area contributed by atoms with Crippen molar-refractivity contribution in [3.05, 3.63) is 95.0 Å². The number of hydrogen-bond donors (Lipinski definition) is 2. The number of rotatable bonds is 9. The zero-order valence-electron chi connectivity index (χ0n) is 18.2. The zero-order valence-corrected chi connectivity index (χ0v) is 18.2. The third-order valence-electron chi connectivity index (χ3n) is 4.92. The molecule has 1 heterocycles. The van der Waals surface area contributed by atoms with Crippen molar-refractivity contribution in [3.8, 4) is 11.5 Å². The molecule has 3 aromatic carbocycles. The Morgan fingerprint density at radius 3 is 2.21 bits per heavy atom. The van der Waals surface area contributed by atoms with Crippen LogP contribution in [0, 0.1) is 0 Å². The summed E-state index contributed by atoms with van der Waals surface area (Å²) in [5.74, 6) is -0.353. The fourth-order valence-electron chi connectivity index (χ4n) is 3.20. The molecule has 0 saturated carbocycles. The van der Waals surface area contributed by atoms with Crippen LogP contribution >= 0.6 is 0 Å². The molecule has 0 fully saturated rings. The smallest absolute Gasteiger partial charge is 0.419 e. The van der Waals surface area contributed by atoms with Crippen molar-refractivity contribution in [1.29, 1.82) is 0 Å². The van der Waals surface area contributed by atoms with E-state index in [0.29, 0.717) is 29.2 Å². The number of oxazole rings is 1. The number of nitrogens with zero attached hydrogens (tertiary/aromatic N) is 1. The first-order chi connectivity index (χ1) is 16.6. The Labute approximate surface area is 194 Å². The Morgan fingerprint density at radius 2 is 1.44 bits per heavy atom. The molecule has 0 radical (unpaired) electrons. The summed E-state index contributed by atoms with van der Waals surface area (Å²) in [4.78, 5) is 35.9. The maximum atomic E-state index is 12.0. The van der Waals surface area contributed by atoms with Crippen molar-refractivity contribution in [3.63, 3.8) is 0 Å². The molecule has 0 saturated heterocycles. The number of para-hydroxylation sites is 2. The summed E-state index contributed by atoms with van der Waals surface area (Å²) in [6.45, 7) is 0.289. The van der Waals surface area contributed by atoms with E-state index in [9.17, 15) is 14.4 Å². The van der Waals surface area contributed by atoms with Gasteiger partial charge in [-0.05, 0) is 42.0 Å². The molecule has 0 aliphatic rings. The minimum absolute atomic E-state index is 0.0188. The van der Waals surface area contributed by atoms with Crippen LogP contribution in [0.4, 0.5) is 0 Å². The van der Waals surface area contributed by atoms with Crippen molar-refractivity contribution in [2.45, 2.75) is 19.6 Å². The van der Waals surface area contributed by atoms with Gasteiger partial charge in [0, 0.05) is 13.0 Å². The van der Waals surface area contributed by atoms with Gasteiger partial charge in [0.25, 0.3) is 5.91 Å². The third-order valence-corrected chi connectivity index (χ3v) is 4.92. The zero-order chi connectivity index (χ0) is 23.8. The van der Waals surface area contributed by atoms with Crippen LogP contribution in [-0.2, 0) is 22.7 Å². The monoisotopic (exact) mass is 461 g/mol. The SMILES string of the molecule is O=C(CCn1c(=O)oc2ccccc21)NNC(=O)COc1ccc(OCc2ccccc2)cc1. The van der Waals surface area contributed by atoms with Gasteiger partial charge in [0.15, 0.2) is 12.2 Å². The summed E-state index contributed by atoms with van der Waals surface area (Å²) >= 11 is 0. The Balaban J connectivity index is 1.16. The third kappa shape index (κ3) is 6.04. The first kappa shape index (κ1) is 22.7. The molecule has 0 bridgehead atoms. The molecule has 0 unspecified atom stereocenters. The number of aromatic nitrogens is 1. The van der Waals surface area contributed by atoms with Crippen molar-refractivity contribution >= 4 is 22.9 Å². The molecule has 1 aromatic heterocycles. The second-order valence-corrected chi connectivity index (χ2v) is 7.37. The highest BCUT2D eigenvalue weighted by atomic mass is 16.5. The van der Waals surface area contributed by atoms with Crippen LogP contribution in [0.3, 0.4) is 0 Å². The van der Waals surface area contributed by atoms with Crippen LogP contribution in [0.1, 0.15) is 12.0 Å². The molecule has 0 spiro atoms. The number of nitrogens with one attached hydrogen (secondary N) is 2. The lowest BCUT2D eigenvalue weighted by atomic mass is 10.2. The second kappa shape index (κ2) is 10.9. The standard InChI is InChI=1S/C25H23N3O6/c29-23(14-15-28-21-8-4-5-9-22(21)34-25(28)31)26-27-24(30)17-33-20-12-10-19(11-13-20)32-16-18-6-2-1-3-7-18/h1-13H,14-17H2,(H,26,29)(H,27,30). The van der Waals surface area contributed by atoms with Gasteiger partial charge < -0.3 is 13.9 Å². The lowest BCUT2D eigenvalue weighted by molar-refractivity contribution is -0.130. The first-order valence-corrected chi connectivity index (χ1v) is 10.6. The normalized spacial score (nSPS) is 10.6. The Kier molecular flexibility index (Phi) is 7.24. The molecule has 9 heteroatoms. The molecule has 2 amide bonds. The first-order valence-electron chi connectivity index (χ1n) is 10.6. The van der Waals surface area contributed by atoms with Crippen molar-refractivity contribution in [1.82, 2.24) is 15.4 Å². The van der Waals surface area contributed by atoms with Gasteiger partial charge in [-0.1, -0.05) is 42.5 Å². The van der Waals surface area contributed by atoms with Gasteiger partial charge in [0.1, 0.15) is 18.1 Å². The van der Waals surface area contributed by atoms with Gasteiger partial charge in [-0.25, -0.2) is 4.79 Å². The summed E-state index contributed by atoms with van der Waals surface area (Å²) in [6.07, 6.45) is -0.0188. The lowest BCUT2D eigenvalue weighted by Crippen LogP contribution is -2.44. The van der Waals surface area contributed by atoms with Crippen molar-refractivity contribution < 1.29 is 23.5 Å². The van der Waals surface area contributed by atoms with E-state index in [2.05, 4.69) is 10.9 Å². The van der Waals surface area contributed by atoms with Gasteiger partial charge in [-0.15, -0.1) is 0 Å². The van der Waals surface area contributed by atoms with E-state index in [1.807, 2.05) is 30.3 Å². The van der Waals surface area contributed by atoms with Crippen LogP contribution in [0.5, 0.6) is 11.5 Å². The van der Waals surface area contributed by atoms with Gasteiger partial charge in [-0.3, -0.25) is 25.0 Å². The number of carbonyl (C=O) groups is 2. The largest absolute Gasteiger partial charge is 0.489 e. The topological polar surface area (TPSA) is 112 Å². The molecule has 4 rings (SSSR count). The average Bonchev–Trinajstić information content (AvgIpc) is 3.19. The average molecular weight is 461 g/mol. The summed E-state index contributed by atoms with van der Waals surface area (Å²) in [5.41, 5.74) is 6.71. The second-order valence-electron chi connectivity index (χ2n) is 7.37. The molecule has 0 atom stereocenters. The van der Waals surface area contributed by atoms with Crippen molar-refractivity contribution in [2.75, 3.05) is 6.61 Å². The highest BCUT2D eigenvalue weighted by molar-refractivity contribution is 5.82. The minimum atomic E-state index is -0.539. The van der Waals surface area contributed by atoms with E-state index >= 15 is 0 Å². The quantitative estimate of drug-likeness (QED) is 0.371. The maximum absolute atomic E-state index is 12.0. The van der Waals surface area contributed by atoms with Gasteiger partial charge in [0.05, 0.1) is 5.52 Å². The van der Waals surface area contributed by atoms with Crippen LogP contribution in [-0.4, -0.2) is 23.0 Å². The lowest BCUT2D eigenvalue weighted by Gasteiger charge is -2.10. The maximum Gasteiger partial charge on any atom is 0.419 e. The molecular formula is C25H23N3O6. The van der Waals surface area contributed by atoms with Gasteiger partial charge >= 0.3 is 5.76 Å². The molecule has 2 N–H and O–H groups in total. The molecular weight excluding hydrogens is 438 g/mol. The number of aryl methyl sites for hydroxylation is 1. The molecule has 4 aromatic rings. The molecule has 0 aliphatic heterocycles. The van der Waals surface area contributed by atoms with Gasteiger partial charge in [0.2, 0.25) is 5.91 Å². The number of hydrogen-bond acceptors (Lipinski definition) is 6. The number of fused-ring (bicyclic) bond motifs is 1. The van der Waals surface area contributed by atoms with E-state index in [1.54, 1.807) is 48.5 Å². The summed E-state index contributed by atoms with van der Waals surface area (Å²) < 4.78 is 17.6. The Hall–Kier alpha value is -4.53. The van der Waals surface area contributed by atoms with E-state index in [1.165, 1.54) is 4.57 Å². The minimum Gasteiger partial charge on any atom is -0.489 e. The Bertz CT molecular complexity index is 1310. The van der Waals surface area contributed by atoms with Crippen LogP contribution in [0.25, 0.3) is 11.1 Å². The highest BCUT2D eigenvalue weighted by Gasteiger charge is 2.11. The van der Waals surface area contributed by atoms with E-state index in [-0.39, 0.29) is 19.6 Å². The van der Waals surface area contributed by atoms with E-state index < -0.39 is 17.6 Å². The molecule has 0 aliphatic carbocycles. The number of carbonyl (C=O) groups excluding carboxylic acids is 2. The summed E-state index contributed by atoms with van der Waals surface area (Å²) in [7, 11) is 0. The van der Waals surface area contributed by atoms with Crippen LogP contribution in [0.2, 0.25) is 0 Å². The molecule has 9 nitrogen and oxygen atoms in total. The number of hydrazine groups is 1. The highest BCUT2D eigenvalue weighted by Crippen LogP contribution is 2.18. The van der Waals surface area contributed by atoms with Crippen molar-refractivity contribution in [2.24, 2.45) is 0 Å². The van der Waals surface area contributed by atoms with E-state index in [4.69, 9.17) is 13.9 Å². The summed E-state index contributed by atoms with van der Waals surface area (Å²) in [6, 6.07) is 23.6.